The van der Waals surface area contributed by atoms with Gasteiger partial charge in [-0.1, -0.05) is 6.07 Å². The number of nitrogens with zero attached hydrogens (tertiary/aromatic N) is 1. The summed E-state index contributed by atoms with van der Waals surface area (Å²) >= 11 is 3.22. The Bertz CT molecular complexity index is 1050. The summed E-state index contributed by atoms with van der Waals surface area (Å²) in [5.74, 6) is -0.220. The molecule has 2 aromatic rings. The molecular formula is C18H16BrF3N2O3S. The number of benzene rings is 2. The van der Waals surface area contributed by atoms with E-state index in [1.54, 1.807) is 6.07 Å². The first kappa shape index (κ1) is 20.7. The molecule has 2 aromatic carbocycles. The summed E-state index contributed by atoms with van der Waals surface area (Å²) in [7, 11) is -4.20. The van der Waals surface area contributed by atoms with Gasteiger partial charge in [-0.25, -0.2) is 8.42 Å². The van der Waals surface area contributed by atoms with Crippen molar-refractivity contribution in [2.75, 3.05) is 9.62 Å². The Kier molecular flexibility index (Phi) is 5.22. The third-order valence-electron chi connectivity index (χ3n) is 4.42. The summed E-state index contributed by atoms with van der Waals surface area (Å²) in [6.07, 6.45) is -4.01. The van der Waals surface area contributed by atoms with Crippen LogP contribution in [-0.2, 0) is 27.4 Å². The van der Waals surface area contributed by atoms with Gasteiger partial charge in [-0.2, -0.15) is 13.2 Å². The molecule has 1 N–H and O–H groups in total. The Balaban J connectivity index is 2.01. The van der Waals surface area contributed by atoms with Gasteiger partial charge in [-0.05, 0) is 65.2 Å². The maximum Gasteiger partial charge on any atom is 0.416 e. The number of alkyl halides is 3. The van der Waals surface area contributed by atoms with E-state index in [-0.39, 0.29) is 27.0 Å². The molecule has 0 saturated carbocycles. The second kappa shape index (κ2) is 7.07. The van der Waals surface area contributed by atoms with Gasteiger partial charge in [0.05, 0.1) is 5.56 Å². The molecule has 1 atom stereocenters. The van der Waals surface area contributed by atoms with Crippen molar-refractivity contribution in [2.45, 2.75) is 37.4 Å². The van der Waals surface area contributed by atoms with Gasteiger partial charge in [0.1, 0.15) is 4.90 Å². The molecule has 0 fully saturated rings. The fourth-order valence-electron chi connectivity index (χ4n) is 3.27. The van der Waals surface area contributed by atoms with Crippen LogP contribution in [0.1, 0.15) is 25.0 Å². The van der Waals surface area contributed by atoms with Gasteiger partial charge in [0, 0.05) is 28.8 Å². The average molecular weight is 477 g/mol. The standard InChI is InChI=1S/C18H16BrF3N2O3S/c1-10-6-12-7-15(19)17(9-16(12)24(10)11(2)25)28(26,27)23-14-5-3-4-13(8-14)18(20,21)22/h3-5,7-10,23H,6H2,1-2H3/t10-/m0/s1. The second-order valence-corrected chi connectivity index (χ2v) is 9.04. The van der Waals surface area contributed by atoms with Gasteiger partial charge in [0.2, 0.25) is 5.91 Å². The number of amides is 1. The zero-order valence-electron chi connectivity index (χ0n) is 14.8. The highest BCUT2D eigenvalue weighted by atomic mass is 79.9. The molecule has 1 aliphatic heterocycles. The average Bonchev–Trinajstić information content (AvgIpc) is 2.87. The summed E-state index contributed by atoms with van der Waals surface area (Å²) in [5.41, 5.74) is 0.122. The van der Waals surface area contributed by atoms with E-state index in [0.29, 0.717) is 12.1 Å². The van der Waals surface area contributed by atoms with Crippen LogP contribution in [0.15, 0.2) is 45.8 Å². The molecule has 1 amide bonds. The zero-order chi connectivity index (χ0) is 20.9. The number of rotatable bonds is 3. The number of carbonyl (C=O) groups excluding carboxylic acids is 1. The molecule has 0 spiro atoms. The van der Waals surface area contributed by atoms with Crippen molar-refractivity contribution < 1.29 is 26.4 Å². The molecule has 0 unspecified atom stereocenters. The molecule has 0 radical (unpaired) electrons. The molecule has 1 aliphatic rings. The summed E-state index contributed by atoms with van der Waals surface area (Å²) in [4.78, 5) is 13.3. The Morgan fingerprint density at radius 2 is 1.93 bits per heavy atom. The lowest BCUT2D eigenvalue weighted by Gasteiger charge is -2.21. The number of hydrogen-bond acceptors (Lipinski definition) is 3. The monoisotopic (exact) mass is 476 g/mol. The van der Waals surface area contributed by atoms with Gasteiger partial charge in [-0.15, -0.1) is 0 Å². The molecule has 0 aromatic heterocycles. The molecule has 0 bridgehead atoms. The number of anilines is 2. The number of carbonyl (C=O) groups is 1. The summed E-state index contributed by atoms with van der Waals surface area (Å²) in [6, 6.07) is 6.80. The smallest absolute Gasteiger partial charge is 0.309 e. The van der Waals surface area contributed by atoms with Crippen LogP contribution in [0.4, 0.5) is 24.5 Å². The minimum absolute atomic E-state index is 0.117. The van der Waals surface area contributed by atoms with E-state index in [1.165, 1.54) is 24.0 Å². The summed E-state index contributed by atoms with van der Waals surface area (Å²) < 4.78 is 66.7. The van der Waals surface area contributed by atoms with Crippen molar-refractivity contribution in [3.63, 3.8) is 0 Å². The maximum atomic E-state index is 12.9. The van der Waals surface area contributed by atoms with E-state index < -0.39 is 21.8 Å². The van der Waals surface area contributed by atoms with E-state index >= 15 is 0 Å². The van der Waals surface area contributed by atoms with Gasteiger partial charge in [0.15, 0.2) is 0 Å². The number of halogens is 4. The van der Waals surface area contributed by atoms with E-state index in [2.05, 4.69) is 20.7 Å². The normalized spacial score (nSPS) is 16.8. The largest absolute Gasteiger partial charge is 0.416 e. The first-order valence-corrected chi connectivity index (χ1v) is 10.5. The molecule has 1 heterocycles. The first-order valence-electron chi connectivity index (χ1n) is 8.22. The van der Waals surface area contributed by atoms with Crippen molar-refractivity contribution in [2.24, 2.45) is 0 Å². The molecule has 28 heavy (non-hydrogen) atoms. The highest BCUT2D eigenvalue weighted by Crippen LogP contribution is 2.38. The Morgan fingerprint density at radius 1 is 1.25 bits per heavy atom. The van der Waals surface area contributed by atoms with Crippen molar-refractivity contribution in [3.05, 3.63) is 52.0 Å². The Hall–Kier alpha value is -2.07. The van der Waals surface area contributed by atoms with Crippen LogP contribution in [0.3, 0.4) is 0 Å². The van der Waals surface area contributed by atoms with Crippen LogP contribution >= 0.6 is 15.9 Å². The van der Waals surface area contributed by atoms with E-state index in [0.717, 1.165) is 23.8 Å². The highest BCUT2D eigenvalue weighted by Gasteiger charge is 2.33. The minimum Gasteiger partial charge on any atom is -0.309 e. The first-order chi connectivity index (χ1) is 12.9. The summed E-state index contributed by atoms with van der Waals surface area (Å²) in [5, 5.41) is 0. The van der Waals surface area contributed by atoms with Crippen molar-refractivity contribution >= 4 is 43.2 Å². The van der Waals surface area contributed by atoms with Crippen molar-refractivity contribution in [3.8, 4) is 0 Å². The number of fused-ring (bicyclic) bond motifs is 1. The fraction of sp³-hybridized carbons (Fsp3) is 0.278. The van der Waals surface area contributed by atoms with Crippen LogP contribution in [0.25, 0.3) is 0 Å². The van der Waals surface area contributed by atoms with E-state index in [4.69, 9.17) is 0 Å². The molecule has 3 rings (SSSR count). The van der Waals surface area contributed by atoms with Crippen LogP contribution in [0, 0.1) is 0 Å². The Morgan fingerprint density at radius 3 is 2.54 bits per heavy atom. The van der Waals surface area contributed by atoms with Crippen LogP contribution in [0.5, 0.6) is 0 Å². The number of sulfonamides is 1. The molecule has 10 heteroatoms. The zero-order valence-corrected chi connectivity index (χ0v) is 17.2. The predicted molar refractivity (Wildman–Crippen MR) is 103 cm³/mol. The minimum atomic E-state index is -4.59. The molecule has 150 valence electrons. The third-order valence-corrected chi connectivity index (χ3v) is 6.76. The van der Waals surface area contributed by atoms with Crippen LogP contribution in [0.2, 0.25) is 0 Å². The van der Waals surface area contributed by atoms with Gasteiger partial charge >= 0.3 is 6.18 Å². The quantitative estimate of drug-likeness (QED) is 0.705. The lowest BCUT2D eigenvalue weighted by atomic mass is 10.1. The predicted octanol–water partition coefficient (Wildman–Crippen LogP) is 4.57. The van der Waals surface area contributed by atoms with Gasteiger partial charge in [-0.3, -0.25) is 9.52 Å². The van der Waals surface area contributed by atoms with Gasteiger partial charge < -0.3 is 4.90 Å². The lowest BCUT2D eigenvalue weighted by molar-refractivity contribution is -0.137. The van der Waals surface area contributed by atoms with E-state index in [1.807, 2.05) is 6.92 Å². The van der Waals surface area contributed by atoms with Crippen LogP contribution < -0.4 is 9.62 Å². The van der Waals surface area contributed by atoms with E-state index in [9.17, 15) is 26.4 Å². The van der Waals surface area contributed by atoms with Crippen molar-refractivity contribution in [1.82, 2.24) is 0 Å². The number of nitrogens with one attached hydrogen (secondary N) is 1. The SMILES string of the molecule is CC(=O)N1c2cc(S(=O)(=O)Nc3cccc(C(F)(F)F)c3)c(Br)cc2C[C@@H]1C. The molecule has 0 saturated heterocycles. The highest BCUT2D eigenvalue weighted by molar-refractivity contribution is 9.10. The van der Waals surface area contributed by atoms with Crippen molar-refractivity contribution in [1.29, 1.82) is 0 Å². The van der Waals surface area contributed by atoms with Gasteiger partial charge in [0.25, 0.3) is 10.0 Å². The second-order valence-electron chi connectivity index (χ2n) is 6.54. The molecule has 0 aliphatic carbocycles. The third kappa shape index (κ3) is 3.88. The maximum absolute atomic E-state index is 12.9. The molecular weight excluding hydrogens is 461 g/mol. The Labute approximate surface area is 168 Å². The fourth-order valence-corrected chi connectivity index (χ4v) is 5.43. The lowest BCUT2D eigenvalue weighted by Crippen LogP contribution is -2.33. The van der Waals surface area contributed by atoms with Crippen LogP contribution in [-0.4, -0.2) is 20.4 Å². The summed E-state index contributed by atoms with van der Waals surface area (Å²) in [6.45, 7) is 3.24. The number of hydrogen-bond donors (Lipinski definition) is 1. The molecule has 5 nitrogen and oxygen atoms in total. The topological polar surface area (TPSA) is 66.5 Å².